The molecule has 0 aliphatic carbocycles. The molecule has 12 nitrogen and oxygen atoms in total. The van der Waals surface area contributed by atoms with E-state index in [0.29, 0.717) is 6.42 Å². The molecule has 208 valence electrons. The summed E-state index contributed by atoms with van der Waals surface area (Å²) in [6.07, 6.45) is -1.34. The lowest BCUT2D eigenvalue weighted by Crippen LogP contribution is -2.59. The van der Waals surface area contributed by atoms with Crippen molar-refractivity contribution in [3.05, 3.63) is 11.5 Å². The van der Waals surface area contributed by atoms with E-state index < -0.39 is 79.6 Å². The predicted molar refractivity (Wildman–Crippen MR) is 123 cm³/mol. The summed E-state index contributed by atoms with van der Waals surface area (Å²) in [5, 5.41) is 59.5. The second kappa shape index (κ2) is 15.3. The van der Waals surface area contributed by atoms with Crippen molar-refractivity contribution in [3.8, 4) is 0 Å². The summed E-state index contributed by atoms with van der Waals surface area (Å²) in [7, 11) is 0. The highest BCUT2D eigenvalue weighted by Gasteiger charge is 2.48. The molecule has 0 spiro atoms. The highest BCUT2D eigenvalue weighted by molar-refractivity contribution is 5.89. The highest BCUT2D eigenvalue weighted by atomic mass is 16.7. The third-order valence-corrected chi connectivity index (χ3v) is 6.25. The van der Waals surface area contributed by atoms with E-state index in [-0.39, 0.29) is 6.42 Å². The first-order chi connectivity index (χ1) is 17.2. The number of aliphatic hydroxyl groups is 6. The summed E-state index contributed by atoms with van der Waals surface area (Å²) < 4.78 is 20.2. The van der Waals surface area contributed by atoms with Crippen LogP contribution in [0, 0.1) is 0 Å². The Morgan fingerprint density at radius 1 is 0.972 bits per heavy atom. The zero-order valence-electron chi connectivity index (χ0n) is 20.7. The van der Waals surface area contributed by atoms with Crippen molar-refractivity contribution in [1.82, 2.24) is 0 Å². The van der Waals surface area contributed by atoms with E-state index in [1.807, 2.05) is 0 Å². The lowest BCUT2D eigenvalue weighted by Gasteiger charge is -2.39. The molecule has 0 radical (unpaired) electrons. The second-order valence-electron chi connectivity index (χ2n) is 9.18. The number of carbonyl (C=O) groups excluding carboxylic acids is 2. The lowest BCUT2D eigenvalue weighted by molar-refractivity contribution is -0.291. The van der Waals surface area contributed by atoms with E-state index >= 15 is 0 Å². The molecule has 36 heavy (non-hydrogen) atoms. The number of rotatable bonds is 16. The number of unbranched alkanes of at least 4 members (excludes halogenated alkanes) is 8. The van der Waals surface area contributed by atoms with E-state index in [1.165, 1.54) is 32.1 Å². The van der Waals surface area contributed by atoms with Crippen LogP contribution in [0.4, 0.5) is 0 Å². The van der Waals surface area contributed by atoms with E-state index in [1.54, 1.807) is 0 Å². The summed E-state index contributed by atoms with van der Waals surface area (Å²) in [6.45, 7) is 0.926. The molecule has 0 unspecified atom stereocenters. The molecule has 1 saturated heterocycles. The second-order valence-corrected chi connectivity index (χ2v) is 9.18. The maximum Gasteiger partial charge on any atom is 0.378 e. The Bertz CT molecular complexity index is 724. The molecule has 6 N–H and O–H groups in total. The fourth-order valence-corrected chi connectivity index (χ4v) is 4.03. The monoisotopic (exact) mass is 520 g/mol. The van der Waals surface area contributed by atoms with Crippen molar-refractivity contribution in [1.29, 1.82) is 0 Å². The van der Waals surface area contributed by atoms with Gasteiger partial charge in [0.15, 0.2) is 11.9 Å². The standard InChI is InChI=1S/C24H40O12/c1-2-3-4-5-6-7-8-9-10-11-16(27)33-13-14(26)21-20(31)22(23(32)35-21)36-24-19(30)18(29)17(28)15(12-25)34-24/h14-15,17-19,21,24-26,28-31H,2-13H2,1H3/t14-,15+,17+,18-,19+,21+,24+/m0/s1. The van der Waals surface area contributed by atoms with Gasteiger partial charge in [-0.3, -0.25) is 4.79 Å². The van der Waals surface area contributed by atoms with Crippen LogP contribution in [0.2, 0.25) is 0 Å². The highest BCUT2D eigenvalue weighted by Crippen LogP contribution is 2.29. The zero-order valence-corrected chi connectivity index (χ0v) is 20.7. The maximum atomic E-state index is 12.1. The predicted octanol–water partition coefficient (Wildman–Crippen LogP) is 0.323. The van der Waals surface area contributed by atoms with E-state index in [0.717, 1.165) is 19.3 Å². The normalized spacial score (nSPS) is 29.2. The largest absolute Gasteiger partial charge is 0.505 e. The first-order valence-electron chi connectivity index (χ1n) is 12.7. The van der Waals surface area contributed by atoms with Crippen LogP contribution in [0.1, 0.15) is 71.1 Å². The van der Waals surface area contributed by atoms with Crippen molar-refractivity contribution >= 4 is 11.9 Å². The number of carbonyl (C=O) groups is 2. The molecule has 0 saturated carbocycles. The van der Waals surface area contributed by atoms with Crippen molar-refractivity contribution in [2.45, 2.75) is 114 Å². The molecule has 2 aliphatic heterocycles. The molecule has 0 aromatic heterocycles. The Balaban J connectivity index is 1.75. The average Bonchev–Trinajstić information content (AvgIpc) is 3.14. The topological polar surface area (TPSA) is 192 Å². The van der Waals surface area contributed by atoms with Crippen LogP contribution in [0.15, 0.2) is 11.5 Å². The van der Waals surface area contributed by atoms with Crippen LogP contribution >= 0.6 is 0 Å². The molecule has 2 rings (SSSR count). The molecule has 0 amide bonds. The van der Waals surface area contributed by atoms with Gasteiger partial charge in [-0.05, 0) is 6.42 Å². The molecule has 0 bridgehead atoms. The number of ether oxygens (including phenoxy) is 4. The van der Waals surface area contributed by atoms with Gasteiger partial charge in [0, 0.05) is 6.42 Å². The molecule has 12 heteroatoms. The van der Waals surface area contributed by atoms with Crippen LogP contribution in [0.3, 0.4) is 0 Å². The van der Waals surface area contributed by atoms with Crippen LogP contribution in [-0.4, -0.2) is 98.7 Å². The fourth-order valence-electron chi connectivity index (χ4n) is 4.03. The summed E-state index contributed by atoms with van der Waals surface area (Å²) in [6, 6.07) is 0. The molecule has 2 aliphatic rings. The fraction of sp³-hybridized carbons (Fsp3) is 0.833. The Morgan fingerprint density at radius 2 is 1.58 bits per heavy atom. The quantitative estimate of drug-likeness (QED) is 0.121. The maximum absolute atomic E-state index is 12.1. The van der Waals surface area contributed by atoms with Crippen molar-refractivity contribution in [3.63, 3.8) is 0 Å². The first kappa shape index (κ1) is 30.3. The van der Waals surface area contributed by atoms with E-state index in [2.05, 4.69) is 6.92 Å². The molecular formula is C24H40O12. The molecule has 1 fully saturated rings. The molecule has 2 heterocycles. The first-order valence-corrected chi connectivity index (χ1v) is 12.7. The molecule has 0 aromatic carbocycles. The van der Waals surface area contributed by atoms with Gasteiger partial charge in [-0.2, -0.15) is 0 Å². The number of cyclic esters (lactones) is 1. The number of hydrogen-bond acceptors (Lipinski definition) is 12. The number of esters is 2. The average molecular weight is 521 g/mol. The van der Waals surface area contributed by atoms with Gasteiger partial charge in [0.2, 0.25) is 12.0 Å². The Hall–Kier alpha value is -1.96. The van der Waals surface area contributed by atoms with Gasteiger partial charge < -0.3 is 49.6 Å². The van der Waals surface area contributed by atoms with E-state index in [9.17, 15) is 40.2 Å². The molecule has 0 aromatic rings. The lowest BCUT2D eigenvalue weighted by atomic mass is 9.99. The number of aliphatic hydroxyl groups excluding tert-OH is 6. The van der Waals surface area contributed by atoms with Gasteiger partial charge in [0.1, 0.15) is 37.1 Å². The minimum atomic E-state index is -1.82. The third-order valence-electron chi connectivity index (χ3n) is 6.25. The summed E-state index contributed by atoms with van der Waals surface area (Å²) in [4.78, 5) is 24.1. The van der Waals surface area contributed by atoms with Crippen molar-refractivity contribution in [2.75, 3.05) is 13.2 Å². The van der Waals surface area contributed by atoms with Gasteiger partial charge in [-0.15, -0.1) is 0 Å². The minimum absolute atomic E-state index is 0.181. The van der Waals surface area contributed by atoms with Gasteiger partial charge in [0.25, 0.3) is 0 Å². The van der Waals surface area contributed by atoms with Crippen LogP contribution in [0.25, 0.3) is 0 Å². The minimum Gasteiger partial charge on any atom is -0.505 e. The molecule has 7 atom stereocenters. The SMILES string of the molecule is CCCCCCCCCCCC(=O)OC[C@H](O)[C@H]1OC(=O)C(O[C@H]2O[C@H](CO)[C@@H](O)[C@H](O)[C@H]2O)=C1O. The third kappa shape index (κ3) is 8.56. The number of hydrogen-bond donors (Lipinski definition) is 6. The van der Waals surface area contributed by atoms with E-state index in [4.69, 9.17) is 18.9 Å². The van der Waals surface area contributed by atoms with Crippen molar-refractivity contribution < 1.29 is 59.2 Å². The summed E-state index contributed by atoms with van der Waals surface area (Å²) in [5.74, 6) is -3.32. The van der Waals surface area contributed by atoms with Gasteiger partial charge in [0.05, 0.1) is 6.61 Å². The van der Waals surface area contributed by atoms with Gasteiger partial charge in [-0.25, -0.2) is 4.79 Å². The van der Waals surface area contributed by atoms with Crippen LogP contribution in [0.5, 0.6) is 0 Å². The smallest absolute Gasteiger partial charge is 0.378 e. The van der Waals surface area contributed by atoms with Crippen LogP contribution < -0.4 is 0 Å². The summed E-state index contributed by atoms with van der Waals surface area (Å²) in [5.41, 5.74) is 0. The van der Waals surface area contributed by atoms with Crippen LogP contribution in [-0.2, 0) is 28.5 Å². The van der Waals surface area contributed by atoms with Crippen molar-refractivity contribution in [2.24, 2.45) is 0 Å². The van der Waals surface area contributed by atoms with Gasteiger partial charge >= 0.3 is 11.9 Å². The zero-order chi connectivity index (χ0) is 26.7. The van der Waals surface area contributed by atoms with Gasteiger partial charge in [-0.1, -0.05) is 58.3 Å². The molecular weight excluding hydrogens is 480 g/mol. The Labute approximate surface area is 210 Å². The summed E-state index contributed by atoms with van der Waals surface area (Å²) >= 11 is 0. The Kier molecular flexibility index (Phi) is 12.9. The Morgan fingerprint density at radius 3 is 2.19 bits per heavy atom.